The molecule has 0 aromatic carbocycles. The van der Waals surface area contributed by atoms with E-state index in [0.29, 0.717) is 6.07 Å². The third kappa shape index (κ3) is 4.50. The molecule has 0 saturated heterocycles. The molecule has 0 aliphatic carbocycles. The number of pyridine rings is 1. The topological polar surface area (TPSA) is 103 Å². The Balaban J connectivity index is 3.29. The van der Waals surface area contributed by atoms with Crippen LogP contribution in [-0.2, 0) is 11.2 Å². The van der Waals surface area contributed by atoms with Gasteiger partial charge in [-0.05, 0) is 22.6 Å². The van der Waals surface area contributed by atoms with Crippen LogP contribution in [0.2, 0.25) is 0 Å². The van der Waals surface area contributed by atoms with Crippen molar-refractivity contribution >= 4 is 34.2 Å². The zero-order chi connectivity index (χ0) is 14.8. The Labute approximate surface area is 116 Å². The summed E-state index contributed by atoms with van der Waals surface area (Å²) >= 11 is 1.47. The van der Waals surface area contributed by atoms with E-state index in [2.05, 4.69) is 9.72 Å². The molecule has 0 spiro atoms. The molecule has 0 amide bonds. The Bertz CT molecular complexity index is 534. The highest BCUT2D eigenvalue weighted by atomic mass is 127. The van der Waals surface area contributed by atoms with Gasteiger partial charge in [-0.1, -0.05) is 0 Å². The summed E-state index contributed by atoms with van der Waals surface area (Å²) in [5.41, 5.74) is -1.12. The van der Waals surface area contributed by atoms with Crippen LogP contribution in [0.4, 0.5) is 18.9 Å². The third-order valence-electron chi connectivity index (χ3n) is 1.75. The fourth-order valence-electron chi connectivity index (χ4n) is 1.11. The minimum absolute atomic E-state index is 0.0747. The van der Waals surface area contributed by atoms with E-state index in [1.807, 2.05) is 0 Å². The normalized spacial score (nSPS) is 11.2. The number of hydrogen-bond donors (Lipinski definition) is 1. The van der Waals surface area contributed by atoms with E-state index in [0.717, 1.165) is 0 Å². The maximum Gasteiger partial charge on any atom is 0.574 e. The first-order valence-electron chi connectivity index (χ1n) is 4.41. The molecule has 11 heteroatoms. The number of ether oxygens (including phenoxy) is 1. The summed E-state index contributed by atoms with van der Waals surface area (Å²) < 4.78 is 39.4. The van der Waals surface area contributed by atoms with Gasteiger partial charge in [0.1, 0.15) is 3.70 Å². The summed E-state index contributed by atoms with van der Waals surface area (Å²) in [6.45, 7) is 0. The molecule has 1 aromatic rings. The minimum atomic E-state index is -5.13. The maximum absolute atomic E-state index is 12.0. The van der Waals surface area contributed by atoms with Gasteiger partial charge < -0.3 is 9.84 Å². The standard InChI is InChI=1S/C8H4F3IN2O5/c9-8(10,11)19-7-4(14(17)18)1-3(2-5(15)16)6(12)13-7/h1H,2H2,(H,15,16). The Morgan fingerprint density at radius 1 is 1.58 bits per heavy atom. The van der Waals surface area contributed by atoms with Gasteiger partial charge in [-0.3, -0.25) is 14.9 Å². The number of carboxylic acids is 1. The summed E-state index contributed by atoms with van der Waals surface area (Å²) in [6.07, 6.45) is -5.73. The molecule has 104 valence electrons. The van der Waals surface area contributed by atoms with Crippen molar-refractivity contribution in [2.75, 3.05) is 0 Å². The van der Waals surface area contributed by atoms with Crippen molar-refractivity contribution in [1.29, 1.82) is 0 Å². The lowest BCUT2D eigenvalue weighted by molar-refractivity contribution is -0.389. The number of rotatable bonds is 4. The number of aromatic nitrogens is 1. The average Bonchev–Trinajstić information content (AvgIpc) is 2.18. The number of nitrogens with zero attached hydrogens (tertiary/aromatic N) is 2. The molecule has 0 unspecified atom stereocenters. The van der Waals surface area contributed by atoms with E-state index in [-0.39, 0.29) is 9.26 Å². The van der Waals surface area contributed by atoms with Crippen LogP contribution in [0, 0.1) is 13.8 Å². The zero-order valence-electron chi connectivity index (χ0n) is 8.77. The Hall–Kier alpha value is -1.66. The maximum atomic E-state index is 12.0. The molecule has 1 aromatic heterocycles. The molecule has 1 rings (SSSR count). The Kier molecular flexibility index (Phi) is 4.49. The van der Waals surface area contributed by atoms with Crippen LogP contribution in [0.25, 0.3) is 0 Å². The number of nitro groups is 1. The zero-order valence-corrected chi connectivity index (χ0v) is 10.9. The molecule has 1 heterocycles. The summed E-state index contributed by atoms with van der Waals surface area (Å²) in [5.74, 6) is -2.52. The van der Waals surface area contributed by atoms with Crippen molar-refractivity contribution < 1.29 is 32.7 Å². The molecule has 1 N–H and O–H groups in total. The smallest absolute Gasteiger partial charge is 0.481 e. The summed E-state index contributed by atoms with van der Waals surface area (Å²) in [4.78, 5) is 23.3. The van der Waals surface area contributed by atoms with E-state index in [9.17, 15) is 28.1 Å². The van der Waals surface area contributed by atoms with E-state index < -0.39 is 35.2 Å². The van der Waals surface area contributed by atoms with E-state index in [1.54, 1.807) is 0 Å². The first-order valence-corrected chi connectivity index (χ1v) is 5.49. The van der Waals surface area contributed by atoms with Gasteiger partial charge in [0.2, 0.25) is 0 Å². The predicted octanol–water partition coefficient (Wildman–Crippen LogP) is 2.12. The lowest BCUT2D eigenvalue weighted by Crippen LogP contribution is -2.19. The van der Waals surface area contributed by atoms with Crippen LogP contribution >= 0.6 is 22.6 Å². The fourth-order valence-corrected chi connectivity index (χ4v) is 1.67. The number of carbonyl (C=O) groups is 1. The molecule has 7 nitrogen and oxygen atoms in total. The van der Waals surface area contributed by atoms with Crippen LogP contribution in [0.15, 0.2) is 6.07 Å². The first kappa shape index (κ1) is 15.4. The Morgan fingerprint density at radius 3 is 2.58 bits per heavy atom. The van der Waals surface area contributed by atoms with Gasteiger partial charge in [-0.15, -0.1) is 13.2 Å². The van der Waals surface area contributed by atoms with Crippen molar-refractivity contribution in [3.63, 3.8) is 0 Å². The molecule has 0 aliphatic heterocycles. The molecule has 0 saturated carbocycles. The SMILES string of the molecule is O=C(O)Cc1cc([N+](=O)[O-])c(OC(F)(F)F)nc1I. The number of alkyl halides is 3. The van der Waals surface area contributed by atoms with Gasteiger partial charge in [0.15, 0.2) is 0 Å². The summed E-state index contributed by atoms with van der Waals surface area (Å²) in [7, 11) is 0. The van der Waals surface area contributed by atoms with Crippen LogP contribution < -0.4 is 4.74 Å². The van der Waals surface area contributed by atoms with Crippen molar-refractivity contribution in [3.8, 4) is 5.88 Å². The highest BCUT2D eigenvalue weighted by Crippen LogP contribution is 2.32. The van der Waals surface area contributed by atoms with Gasteiger partial charge in [-0.2, -0.15) is 0 Å². The summed E-state index contributed by atoms with van der Waals surface area (Å²) in [5, 5.41) is 19.2. The van der Waals surface area contributed by atoms with Crippen LogP contribution in [0.3, 0.4) is 0 Å². The second kappa shape index (κ2) is 5.54. The minimum Gasteiger partial charge on any atom is -0.481 e. The molecule has 0 bridgehead atoms. The lowest BCUT2D eigenvalue weighted by Gasteiger charge is -2.09. The number of hydrogen-bond acceptors (Lipinski definition) is 5. The third-order valence-corrected chi connectivity index (χ3v) is 2.68. The molecular weight excluding hydrogens is 388 g/mol. The number of halogens is 4. The van der Waals surface area contributed by atoms with E-state index in [1.165, 1.54) is 22.6 Å². The second-order valence-corrected chi connectivity index (χ2v) is 4.16. The predicted molar refractivity (Wildman–Crippen MR) is 61.6 cm³/mol. The monoisotopic (exact) mass is 392 g/mol. The largest absolute Gasteiger partial charge is 0.574 e. The fraction of sp³-hybridized carbons (Fsp3) is 0.250. The quantitative estimate of drug-likeness (QED) is 0.365. The van der Waals surface area contributed by atoms with Gasteiger partial charge in [0.25, 0.3) is 0 Å². The first-order chi connectivity index (χ1) is 8.60. The van der Waals surface area contributed by atoms with Gasteiger partial charge in [0, 0.05) is 11.6 Å². The van der Waals surface area contributed by atoms with Crippen LogP contribution in [0.5, 0.6) is 5.88 Å². The molecule has 0 radical (unpaired) electrons. The molecule has 0 aliphatic rings. The highest BCUT2D eigenvalue weighted by molar-refractivity contribution is 14.1. The van der Waals surface area contributed by atoms with Crippen molar-refractivity contribution in [1.82, 2.24) is 4.98 Å². The second-order valence-electron chi connectivity index (χ2n) is 3.14. The van der Waals surface area contributed by atoms with Gasteiger partial charge in [0.05, 0.1) is 11.3 Å². The lowest BCUT2D eigenvalue weighted by atomic mass is 10.2. The van der Waals surface area contributed by atoms with E-state index >= 15 is 0 Å². The van der Waals surface area contributed by atoms with Crippen molar-refractivity contribution in [2.45, 2.75) is 12.8 Å². The van der Waals surface area contributed by atoms with Gasteiger partial charge >= 0.3 is 23.9 Å². The summed E-state index contributed by atoms with van der Waals surface area (Å²) in [6, 6.07) is 0.698. The molecule has 19 heavy (non-hydrogen) atoms. The molecule has 0 fully saturated rings. The van der Waals surface area contributed by atoms with Crippen molar-refractivity contribution in [2.24, 2.45) is 0 Å². The number of carboxylic acid groups (broad SMARTS) is 1. The van der Waals surface area contributed by atoms with Crippen LogP contribution in [0.1, 0.15) is 5.56 Å². The molecular formula is C8H4F3IN2O5. The average molecular weight is 392 g/mol. The van der Waals surface area contributed by atoms with E-state index in [4.69, 9.17) is 5.11 Å². The van der Waals surface area contributed by atoms with Gasteiger partial charge in [-0.25, -0.2) is 4.98 Å². The number of aliphatic carboxylic acids is 1. The van der Waals surface area contributed by atoms with Crippen molar-refractivity contribution in [3.05, 3.63) is 25.4 Å². The van der Waals surface area contributed by atoms with Crippen LogP contribution in [-0.4, -0.2) is 27.3 Å². The highest BCUT2D eigenvalue weighted by Gasteiger charge is 2.36. The Morgan fingerprint density at radius 2 is 2.16 bits per heavy atom. The molecule has 0 atom stereocenters.